The Labute approximate surface area is 253 Å². The minimum Gasteiger partial charge on any atom is -0.490 e. The van der Waals surface area contributed by atoms with E-state index < -0.39 is 23.5 Å². The molecule has 2 aromatic carbocycles. The number of halogens is 2. The van der Waals surface area contributed by atoms with Gasteiger partial charge in [-0.15, -0.1) is 0 Å². The van der Waals surface area contributed by atoms with E-state index in [0.717, 1.165) is 60.3 Å². The number of hydrogen-bond acceptors (Lipinski definition) is 5. The smallest absolute Gasteiger partial charge is 0.337 e. The topological polar surface area (TPSA) is 71.9 Å². The summed E-state index contributed by atoms with van der Waals surface area (Å²) in [5.41, 5.74) is 6.82. The van der Waals surface area contributed by atoms with Gasteiger partial charge >= 0.3 is 5.97 Å². The van der Waals surface area contributed by atoms with Gasteiger partial charge in [0.05, 0.1) is 12.2 Å². The predicted octanol–water partition coefficient (Wildman–Crippen LogP) is 7.21. The molecule has 0 saturated carbocycles. The van der Waals surface area contributed by atoms with Crippen LogP contribution >= 0.6 is 0 Å². The number of ether oxygens (including phenoxy) is 2. The van der Waals surface area contributed by atoms with Crippen LogP contribution in [0.4, 0.5) is 8.78 Å². The van der Waals surface area contributed by atoms with E-state index in [2.05, 4.69) is 4.90 Å². The third kappa shape index (κ3) is 6.60. The normalized spacial score (nSPS) is 15.9. The van der Waals surface area contributed by atoms with Crippen LogP contribution in [0.15, 0.2) is 24.3 Å². The van der Waals surface area contributed by atoms with E-state index in [0.29, 0.717) is 59.7 Å². The summed E-state index contributed by atoms with van der Waals surface area (Å²) in [5.74, 6) is -1.44. The van der Waals surface area contributed by atoms with E-state index in [4.69, 9.17) is 14.5 Å². The van der Waals surface area contributed by atoms with Gasteiger partial charge in [-0.2, -0.15) is 0 Å². The zero-order valence-electron chi connectivity index (χ0n) is 26.1. The standard InChI is InChI=1S/C35H42F2N2O4/c1-20-11-12-23(17-27(20)36)9-7-14-39-15-13-29-26(19-39)31(25-18-28(37)32-24(21(25)2)10-8-16-42-32)30(22(3)38-29)33(34(40)41)43-35(4,5)6/h11-12,17-18,33H,7-10,13-16,19H2,1-6H3,(H,40,41)/t33-/m0/s1. The summed E-state index contributed by atoms with van der Waals surface area (Å²) in [5, 5.41) is 10.4. The molecule has 2 aliphatic heterocycles. The van der Waals surface area contributed by atoms with Crippen LogP contribution in [0.3, 0.4) is 0 Å². The van der Waals surface area contributed by atoms with Crippen LogP contribution in [0.1, 0.15) is 84.5 Å². The minimum absolute atomic E-state index is 0.188. The van der Waals surface area contributed by atoms with E-state index in [1.807, 2.05) is 46.8 Å². The molecule has 0 amide bonds. The minimum atomic E-state index is -1.28. The average molecular weight is 593 g/mol. The average Bonchev–Trinajstić information content (AvgIpc) is 2.95. The summed E-state index contributed by atoms with van der Waals surface area (Å²) in [4.78, 5) is 20.0. The first-order valence-corrected chi connectivity index (χ1v) is 15.2. The maximum Gasteiger partial charge on any atom is 0.337 e. The van der Waals surface area contributed by atoms with Gasteiger partial charge in [-0.3, -0.25) is 9.88 Å². The van der Waals surface area contributed by atoms with Crippen LogP contribution in [-0.2, 0) is 35.3 Å². The molecule has 1 atom stereocenters. The largest absolute Gasteiger partial charge is 0.490 e. The van der Waals surface area contributed by atoms with Gasteiger partial charge in [-0.05, 0) is 119 Å². The molecule has 0 radical (unpaired) electrons. The molecular formula is C35H42F2N2O4. The molecular weight excluding hydrogens is 550 g/mol. The molecule has 3 heterocycles. The third-order valence-corrected chi connectivity index (χ3v) is 8.50. The number of carboxylic acids is 1. The second-order valence-corrected chi connectivity index (χ2v) is 12.9. The van der Waals surface area contributed by atoms with Crippen molar-refractivity contribution in [2.75, 3.05) is 19.7 Å². The lowest BCUT2D eigenvalue weighted by Gasteiger charge is -2.34. The Morgan fingerprint density at radius 1 is 1.12 bits per heavy atom. The van der Waals surface area contributed by atoms with Crippen molar-refractivity contribution in [1.82, 2.24) is 9.88 Å². The summed E-state index contributed by atoms with van der Waals surface area (Å²) in [7, 11) is 0. The quantitative estimate of drug-likeness (QED) is 0.298. The van der Waals surface area contributed by atoms with Gasteiger partial charge < -0.3 is 14.6 Å². The lowest BCUT2D eigenvalue weighted by Crippen LogP contribution is -2.34. The highest BCUT2D eigenvalue weighted by atomic mass is 19.1. The van der Waals surface area contributed by atoms with Gasteiger partial charge in [-0.1, -0.05) is 12.1 Å². The highest BCUT2D eigenvalue weighted by Gasteiger charge is 2.36. The number of benzene rings is 2. The van der Waals surface area contributed by atoms with Crippen molar-refractivity contribution in [3.63, 3.8) is 0 Å². The monoisotopic (exact) mass is 592 g/mol. The van der Waals surface area contributed by atoms with E-state index in [-0.39, 0.29) is 5.82 Å². The first kappa shape index (κ1) is 31.1. The molecule has 5 rings (SSSR count). The Bertz CT molecular complexity index is 1550. The Hall–Kier alpha value is -3.36. The maximum atomic E-state index is 15.6. The van der Waals surface area contributed by atoms with Crippen LogP contribution in [-0.4, -0.2) is 46.3 Å². The van der Waals surface area contributed by atoms with Crippen LogP contribution in [0.5, 0.6) is 5.75 Å². The van der Waals surface area contributed by atoms with Crippen LogP contribution in [0, 0.1) is 32.4 Å². The van der Waals surface area contributed by atoms with Crippen molar-refractivity contribution in [2.24, 2.45) is 0 Å². The molecule has 230 valence electrons. The molecule has 6 nitrogen and oxygen atoms in total. The summed E-state index contributed by atoms with van der Waals surface area (Å²) >= 11 is 0. The molecule has 0 aliphatic carbocycles. The summed E-state index contributed by atoms with van der Waals surface area (Å²) in [6.45, 7) is 13.6. The van der Waals surface area contributed by atoms with E-state index in [1.165, 1.54) is 6.07 Å². The van der Waals surface area contributed by atoms with Crippen molar-refractivity contribution < 1.29 is 28.2 Å². The van der Waals surface area contributed by atoms with Gasteiger partial charge in [-0.25, -0.2) is 13.6 Å². The fourth-order valence-corrected chi connectivity index (χ4v) is 6.38. The number of rotatable bonds is 8. The third-order valence-electron chi connectivity index (χ3n) is 8.50. The highest BCUT2D eigenvalue weighted by Crippen LogP contribution is 2.44. The number of fused-ring (bicyclic) bond motifs is 2. The first-order chi connectivity index (χ1) is 20.3. The molecule has 0 fully saturated rings. The summed E-state index contributed by atoms with van der Waals surface area (Å²) in [6, 6.07) is 6.89. The second kappa shape index (κ2) is 12.3. The van der Waals surface area contributed by atoms with Crippen molar-refractivity contribution >= 4 is 5.97 Å². The molecule has 1 aromatic heterocycles. The first-order valence-electron chi connectivity index (χ1n) is 15.2. The summed E-state index contributed by atoms with van der Waals surface area (Å²) in [6.07, 6.45) is 2.49. The zero-order chi connectivity index (χ0) is 31.1. The zero-order valence-corrected chi connectivity index (χ0v) is 26.1. The second-order valence-electron chi connectivity index (χ2n) is 12.9. The highest BCUT2D eigenvalue weighted by molar-refractivity contribution is 5.84. The molecule has 3 aromatic rings. The summed E-state index contributed by atoms with van der Waals surface area (Å²) < 4.78 is 41.6. The van der Waals surface area contributed by atoms with Crippen molar-refractivity contribution in [2.45, 2.75) is 91.9 Å². The lowest BCUT2D eigenvalue weighted by molar-refractivity contribution is -0.160. The molecule has 0 unspecified atom stereocenters. The van der Waals surface area contributed by atoms with Gasteiger partial charge in [0.2, 0.25) is 0 Å². The Morgan fingerprint density at radius 3 is 2.58 bits per heavy atom. The molecule has 2 aliphatic rings. The fourth-order valence-electron chi connectivity index (χ4n) is 6.38. The van der Waals surface area contributed by atoms with Gasteiger partial charge in [0, 0.05) is 42.0 Å². The molecule has 1 N–H and O–H groups in total. The van der Waals surface area contributed by atoms with E-state index >= 15 is 4.39 Å². The number of carbonyl (C=O) groups is 1. The maximum absolute atomic E-state index is 15.6. The van der Waals surface area contributed by atoms with E-state index in [1.54, 1.807) is 13.0 Å². The number of aryl methyl sites for hydroxylation is 3. The number of carboxylic acid groups (broad SMARTS) is 1. The van der Waals surface area contributed by atoms with Crippen LogP contribution in [0.2, 0.25) is 0 Å². The SMILES string of the molecule is Cc1ccc(CCCN2CCc3nc(C)c([C@H](OC(C)(C)C)C(=O)O)c(-c4cc(F)c5c(c4C)CCCO5)c3C2)cc1F. The van der Waals surface area contributed by atoms with Gasteiger partial charge in [0.15, 0.2) is 17.7 Å². The number of pyridine rings is 1. The fraction of sp³-hybridized carbons (Fsp3) is 0.486. The Balaban J connectivity index is 1.59. The number of nitrogens with zero attached hydrogens (tertiary/aromatic N) is 2. The van der Waals surface area contributed by atoms with Gasteiger partial charge in [0.25, 0.3) is 0 Å². The number of aromatic nitrogens is 1. The molecule has 0 saturated heterocycles. The van der Waals surface area contributed by atoms with Gasteiger partial charge in [0.1, 0.15) is 5.82 Å². The molecule has 0 spiro atoms. The molecule has 0 bridgehead atoms. The predicted molar refractivity (Wildman–Crippen MR) is 163 cm³/mol. The van der Waals surface area contributed by atoms with Crippen molar-refractivity contribution in [1.29, 1.82) is 0 Å². The van der Waals surface area contributed by atoms with Crippen LogP contribution in [0.25, 0.3) is 11.1 Å². The Kier molecular flexibility index (Phi) is 8.91. The van der Waals surface area contributed by atoms with E-state index in [9.17, 15) is 14.3 Å². The Morgan fingerprint density at radius 2 is 1.88 bits per heavy atom. The molecule has 8 heteroatoms. The number of aliphatic carboxylic acids is 1. The lowest BCUT2D eigenvalue weighted by atomic mass is 9.83. The van der Waals surface area contributed by atoms with Crippen molar-refractivity contribution in [3.8, 4) is 16.9 Å². The number of hydrogen-bond donors (Lipinski definition) is 1. The molecule has 43 heavy (non-hydrogen) atoms. The van der Waals surface area contributed by atoms with Crippen LogP contribution < -0.4 is 4.74 Å². The van der Waals surface area contributed by atoms with Crippen molar-refractivity contribution in [3.05, 3.63) is 80.7 Å².